The molecular weight excluding hydrogens is 358 g/mol. The van der Waals surface area contributed by atoms with Gasteiger partial charge in [0.05, 0.1) is 18.2 Å². The van der Waals surface area contributed by atoms with Crippen LogP contribution in [0.15, 0.2) is 42.2 Å². The minimum Gasteiger partial charge on any atom is -0.497 e. The number of allylic oxidation sites excluding steroid dienone is 1. The van der Waals surface area contributed by atoms with Gasteiger partial charge in [-0.25, -0.2) is 0 Å². The zero-order valence-corrected chi connectivity index (χ0v) is 16.1. The lowest BCUT2D eigenvalue weighted by atomic mass is 10.0. The second-order valence-electron chi connectivity index (χ2n) is 6.81. The molecule has 0 bridgehead atoms. The number of ether oxygens (including phenoxy) is 4. The van der Waals surface area contributed by atoms with Crippen molar-refractivity contribution in [1.29, 1.82) is 0 Å². The molecule has 2 aliphatic heterocycles. The van der Waals surface area contributed by atoms with Crippen molar-refractivity contribution < 1.29 is 23.7 Å². The zero-order chi connectivity index (χ0) is 19.5. The molecule has 0 saturated heterocycles. The van der Waals surface area contributed by atoms with Crippen LogP contribution in [-0.4, -0.2) is 44.8 Å². The highest BCUT2D eigenvalue weighted by Gasteiger charge is 2.33. The van der Waals surface area contributed by atoms with E-state index < -0.39 is 0 Å². The van der Waals surface area contributed by atoms with Crippen LogP contribution in [0.3, 0.4) is 0 Å². The second kappa shape index (κ2) is 8.04. The van der Waals surface area contributed by atoms with Crippen LogP contribution in [0.5, 0.6) is 17.2 Å². The first kappa shape index (κ1) is 18.5. The topological polar surface area (TPSA) is 57.2 Å². The summed E-state index contributed by atoms with van der Waals surface area (Å²) in [7, 11) is 3.31. The van der Waals surface area contributed by atoms with Gasteiger partial charge in [-0.15, -0.1) is 0 Å². The standard InChI is InChI=1S/C22H23NO5/c1-25-10-4-9-23-13-18-19(27-14-23)8-7-17-21(24)20(28-22(17)18)12-15-5-3-6-16(11-15)26-2/h3,5-8,11-12H,4,9-10,13-14H2,1-2H3/b20-12+. The van der Waals surface area contributed by atoms with E-state index in [4.69, 9.17) is 18.9 Å². The number of carbonyl (C=O) groups excluding carboxylic acids is 1. The molecule has 0 unspecified atom stereocenters. The zero-order valence-electron chi connectivity index (χ0n) is 16.1. The predicted octanol–water partition coefficient (Wildman–Crippen LogP) is 3.50. The van der Waals surface area contributed by atoms with Crippen molar-refractivity contribution in [2.45, 2.75) is 13.0 Å². The molecule has 0 aromatic heterocycles. The summed E-state index contributed by atoms with van der Waals surface area (Å²) >= 11 is 0. The summed E-state index contributed by atoms with van der Waals surface area (Å²) in [6.07, 6.45) is 2.67. The van der Waals surface area contributed by atoms with Crippen LogP contribution < -0.4 is 14.2 Å². The van der Waals surface area contributed by atoms with Gasteiger partial charge in [-0.1, -0.05) is 12.1 Å². The lowest BCUT2D eigenvalue weighted by molar-refractivity contribution is 0.0823. The molecule has 2 aromatic rings. The molecule has 0 radical (unpaired) electrons. The highest BCUT2D eigenvalue weighted by Crippen LogP contribution is 2.42. The van der Waals surface area contributed by atoms with Crippen molar-refractivity contribution in [3.05, 3.63) is 58.8 Å². The van der Waals surface area contributed by atoms with Gasteiger partial charge in [0.25, 0.3) is 0 Å². The van der Waals surface area contributed by atoms with E-state index in [0.29, 0.717) is 37.0 Å². The Bertz CT molecular complexity index is 921. The first-order chi connectivity index (χ1) is 13.7. The van der Waals surface area contributed by atoms with Crippen molar-refractivity contribution >= 4 is 11.9 Å². The van der Waals surface area contributed by atoms with Crippen LogP contribution in [0.4, 0.5) is 0 Å². The summed E-state index contributed by atoms with van der Waals surface area (Å²) in [6.45, 7) is 2.77. The molecule has 146 valence electrons. The summed E-state index contributed by atoms with van der Waals surface area (Å²) in [6, 6.07) is 11.2. The molecule has 2 heterocycles. The highest BCUT2D eigenvalue weighted by atomic mass is 16.5. The first-order valence-corrected chi connectivity index (χ1v) is 9.28. The SMILES string of the molecule is COCCCN1COc2ccc3c(c2C1)O/C(=C/c1cccc(OC)c1)C3=O. The summed E-state index contributed by atoms with van der Waals surface area (Å²) < 4.78 is 22.3. The molecule has 0 aliphatic carbocycles. The minimum atomic E-state index is -0.114. The number of hydrogen-bond acceptors (Lipinski definition) is 6. The summed E-state index contributed by atoms with van der Waals surface area (Å²) in [4.78, 5) is 15.0. The Hall–Kier alpha value is -2.83. The fraction of sp³-hybridized carbons (Fsp3) is 0.318. The van der Waals surface area contributed by atoms with Crippen LogP contribution in [0.1, 0.15) is 27.9 Å². The smallest absolute Gasteiger partial charge is 0.231 e. The van der Waals surface area contributed by atoms with Crippen LogP contribution in [-0.2, 0) is 11.3 Å². The average molecular weight is 381 g/mol. The van der Waals surface area contributed by atoms with Crippen LogP contribution in [0.25, 0.3) is 6.08 Å². The van der Waals surface area contributed by atoms with Crippen molar-refractivity contribution in [1.82, 2.24) is 4.90 Å². The third kappa shape index (κ3) is 3.61. The normalized spacial score (nSPS) is 17.1. The van der Waals surface area contributed by atoms with Gasteiger partial charge in [-0.2, -0.15) is 0 Å². The van der Waals surface area contributed by atoms with Crippen LogP contribution in [0, 0.1) is 0 Å². The summed E-state index contributed by atoms with van der Waals surface area (Å²) in [5.74, 6) is 2.31. The van der Waals surface area contributed by atoms with E-state index in [2.05, 4.69) is 4.90 Å². The predicted molar refractivity (Wildman–Crippen MR) is 105 cm³/mol. The van der Waals surface area contributed by atoms with Crippen LogP contribution in [0.2, 0.25) is 0 Å². The van der Waals surface area contributed by atoms with E-state index in [0.717, 1.165) is 35.6 Å². The molecular formula is C22H23NO5. The highest BCUT2D eigenvalue weighted by molar-refractivity contribution is 6.15. The van der Waals surface area contributed by atoms with Crippen molar-refractivity contribution in [3.8, 4) is 17.2 Å². The van der Waals surface area contributed by atoms with Crippen LogP contribution >= 0.6 is 0 Å². The Morgan fingerprint density at radius 1 is 1.21 bits per heavy atom. The number of hydrogen-bond donors (Lipinski definition) is 0. The fourth-order valence-electron chi connectivity index (χ4n) is 3.46. The summed E-state index contributed by atoms with van der Waals surface area (Å²) in [5.41, 5.74) is 2.35. The molecule has 2 aromatic carbocycles. The molecule has 0 N–H and O–H groups in total. The van der Waals surface area contributed by atoms with E-state index in [1.165, 1.54) is 0 Å². The molecule has 0 saturated carbocycles. The Morgan fingerprint density at radius 3 is 2.93 bits per heavy atom. The maximum absolute atomic E-state index is 12.8. The Kier molecular flexibility index (Phi) is 5.32. The average Bonchev–Trinajstić information content (AvgIpc) is 3.04. The van der Waals surface area contributed by atoms with E-state index in [9.17, 15) is 4.79 Å². The van der Waals surface area contributed by atoms with Gasteiger partial charge >= 0.3 is 0 Å². The van der Waals surface area contributed by atoms with Gasteiger partial charge in [0.1, 0.15) is 24.0 Å². The third-order valence-electron chi connectivity index (χ3n) is 4.90. The number of fused-ring (bicyclic) bond motifs is 3. The Balaban J connectivity index is 1.59. The minimum absolute atomic E-state index is 0.114. The van der Waals surface area contributed by atoms with Gasteiger partial charge in [-0.05, 0) is 42.3 Å². The van der Waals surface area contributed by atoms with Gasteiger partial charge in [0, 0.05) is 26.8 Å². The quantitative estimate of drug-likeness (QED) is 0.564. The fourth-order valence-corrected chi connectivity index (χ4v) is 3.46. The molecule has 6 nitrogen and oxygen atoms in total. The monoisotopic (exact) mass is 381 g/mol. The summed E-state index contributed by atoms with van der Waals surface area (Å²) in [5, 5.41) is 0. The third-order valence-corrected chi connectivity index (χ3v) is 4.90. The first-order valence-electron chi connectivity index (χ1n) is 9.28. The van der Waals surface area contributed by atoms with Crippen molar-refractivity contribution in [3.63, 3.8) is 0 Å². The molecule has 0 atom stereocenters. The second-order valence-corrected chi connectivity index (χ2v) is 6.81. The van der Waals surface area contributed by atoms with Gasteiger partial charge in [0.2, 0.25) is 5.78 Å². The van der Waals surface area contributed by atoms with Gasteiger partial charge < -0.3 is 18.9 Å². The molecule has 0 spiro atoms. The largest absolute Gasteiger partial charge is 0.497 e. The lowest BCUT2D eigenvalue weighted by Crippen LogP contribution is -2.33. The number of benzene rings is 2. The maximum Gasteiger partial charge on any atom is 0.231 e. The van der Waals surface area contributed by atoms with E-state index in [-0.39, 0.29) is 5.78 Å². The number of carbonyl (C=O) groups is 1. The number of rotatable bonds is 6. The number of ketones is 1. The van der Waals surface area contributed by atoms with E-state index >= 15 is 0 Å². The molecule has 4 rings (SSSR count). The van der Waals surface area contributed by atoms with Crippen molar-refractivity contribution in [2.75, 3.05) is 34.1 Å². The molecule has 0 amide bonds. The Morgan fingerprint density at radius 2 is 2.11 bits per heavy atom. The molecule has 0 fully saturated rings. The van der Waals surface area contributed by atoms with Crippen molar-refractivity contribution in [2.24, 2.45) is 0 Å². The molecule has 28 heavy (non-hydrogen) atoms. The number of nitrogens with zero attached hydrogens (tertiary/aromatic N) is 1. The molecule has 6 heteroatoms. The molecule has 2 aliphatic rings. The maximum atomic E-state index is 12.8. The van der Waals surface area contributed by atoms with Gasteiger partial charge in [-0.3, -0.25) is 9.69 Å². The van der Waals surface area contributed by atoms with E-state index in [1.807, 2.05) is 30.3 Å². The Labute approximate surface area is 164 Å². The van der Waals surface area contributed by atoms with Gasteiger partial charge in [0.15, 0.2) is 5.76 Å². The number of methoxy groups -OCH3 is 2. The lowest BCUT2D eigenvalue weighted by Gasteiger charge is -2.29. The number of Topliss-reactive ketones (excluding diaryl/α,β-unsaturated/α-hetero) is 1. The van der Waals surface area contributed by atoms with E-state index in [1.54, 1.807) is 26.4 Å².